The molecule has 1 N–H and O–H groups in total. The van der Waals surface area contributed by atoms with Crippen molar-refractivity contribution in [2.24, 2.45) is 0 Å². The van der Waals surface area contributed by atoms with Gasteiger partial charge in [0, 0.05) is 21.6 Å². The Balaban J connectivity index is 0.00000468. The number of aromatic amines is 1. The number of Topliss-reactive ketones (excluding diaryl/α,β-unsaturated/α-hetero) is 1. The third-order valence-electron chi connectivity index (χ3n) is 7.43. The van der Waals surface area contributed by atoms with Crippen molar-refractivity contribution in [1.29, 1.82) is 0 Å². The second kappa shape index (κ2) is 14.5. The molecule has 6 aromatic rings. The summed E-state index contributed by atoms with van der Waals surface area (Å²) in [5.41, 5.74) is -2.12. The second-order valence-electron chi connectivity index (χ2n) is 10.5. The zero-order valence-electron chi connectivity index (χ0n) is 24.6. The second-order valence-corrected chi connectivity index (χ2v) is 11.7. The van der Waals surface area contributed by atoms with Crippen molar-refractivity contribution in [3.8, 4) is 28.3 Å². The molecule has 0 atom stereocenters. The van der Waals surface area contributed by atoms with E-state index >= 15 is 8.78 Å². The zero-order valence-corrected chi connectivity index (χ0v) is 25.4. The molecule has 0 saturated heterocycles. The average molecular weight is 725 g/mol. The summed E-state index contributed by atoms with van der Waals surface area (Å²) >= 11 is 0.481. The van der Waals surface area contributed by atoms with Crippen LogP contribution in [-0.2, 0) is 19.5 Å². The third-order valence-corrected chi connectivity index (χ3v) is 8.58. The van der Waals surface area contributed by atoms with Gasteiger partial charge in [-0.1, -0.05) is 29.4 Å². The van der Waals surface area contributed by atoms with Gasteiger partial charge in [-0.25, -0.2) is 18.4 Å². The molecule has 49 heavy (non-hydrogen) atoms. The van der Waals surface area contributed by atoms with Crippen LogP contribution in [0.2, 0.25) is 0 Å². The first-order chi connectivity index (χ1) is 22.8. The molecule has 6 rings (SSSR count). The maximum absolute atomic E-state index is 15.7. The number of halogens is 5. The van der Waals surface area contributed by atoms with Crippen LogP contribution in [0.5, 0.6) is 5.75 Å². The molecular weight excluding hydrogens is 703 g/mol. The number of carbonyl (C=O) groups excluding carboxylic acids is 1. The van der Waals surface area contributed by atoms with Crippen molar-refractivity contribution in [2.45, 2.75) is 25.7 Å². The average Bonchev–Trinajstić information content (AvgIpc) is 3.67. The Bertz CT molecular complexity index is 2350. The molecular formula is C32H22F5KN4O6S. The van der Waals surface area contributed by atoms with Gasteiger partial charge in [-0.15, -0.1) is 11.3 Å². The van der Waals surface area contributed by atoms with Crippen LogP contribution in [0, 0.1) is 11.6 Å². The van der Waals surface area contributed by atoms with E-state index in [1.807, 2.05) is 0 Å². The first kappa shape index (κ1) is 36.3. The molecule has 3 aromatic heterocycles. The van der Waals surface area contributed by atoms with E-state index in [-0.39, 0.29) is 94.6 Å². The van der Waals surface area contributed by atoms with Crippen molar-refractivity contribution in [1.82, 2.24) is 19.3 Å². The van der Waals surface area contributed by atoms with Crippen LogP contribution >= 0.6 is 11.3 Å². The van der Waals surface area contributed by atoms with Crippen molar-refractivity contribution in [3.63, 3.8) is 0 Å². The van der Waals surface area contributed by atoms with Gasteiger partial charge in [0.15, 0.2) is 11.6 Å². The first-order valence-corrected chi connectivity index (χ1v) is 14.8. The van der Waals surface area contributed by atoms with E-state index in [0.29, 0.717) is 21.7 Å². The molecule has 0 spiro atoms. The van der Waals surface area contributed by atoms with Gasteiger partial charge >= 0.3 is 69.0 Å². The van der Waals surface area contributed by atoms with E-state index in [9.17, 15) is 32.3 Å². The number of ketones is 1. The molecule has 3 aromatic carbocycles. The molecule has 0 saturated carbocycles. The molecule has 0 radical (unpaired) electrons. The van der Waals surface area contributed by atoms with Gasteiger partial charge < -0.3 is 4.74 Å². The summed E-state index contributed by atoms with van der Waals surface area (Å²) in [6.45, 7) is -1.62. The number of alkyl halides is 3. The van der Waals surface area contributed by atoms with Gasteiger partial charge in [0.25, 0.3) is 5.56 Å². The number of H-pyrrole nitrogens is 1. The number of fused-ring (bicyclic) bond motifs is 1. The monoisotopic (exact) mass is 724 g/mol. The molecule has 248 valence electrons. The number of nitrogens with one attached hydrogen (secondary N) is 1. The fraction of sp³-hybridized carbons (Fsp3) is 0.156. The number of nitrogens with zero attached hydrogens (tertiary/aromatic N) is 3. The summed E-state index contributed by atoms with van der Waals surface area (Å²) in [6, 6.07) is 14.9. The van der Waals surface area contributed by atoms with Gasteiger partial charge in [-0.3, -0.25) is 28.2 Å². The molecule has 0 aliphatic carbocycles. The molecule has 17 heteroatoms. The van der Waals surface area contributed by atoms with Crippen LogP contribution in [0.15, 0.2) is 85.6 Å². The Morgan fingerprint density at radius 1 is 0.959 bits per heavy atom. The van der Waals surface area contributed by atoms with E-state index in [4.69, 9.17) is 4.74 Å². The Kier molecular flexibility index (Phi) is 10.7. The number of methoxy groups -OCH3 is 1. The number of rotatable bonds is 9. The summed E-state index contributed by atoms with van der Waals surface area (Å²) < 4.78 is 82.2. The SMILES string of the molecule is COc1ccc(C(=O)Cn2c(=O)c3cc(CC(F)(F)F)sc3n(Cc3c(F)cc(-c4ccccc4-c4noc(=O)[nH]4)cc3F)c2=O)cc1.[KH]. The number of benzene rings is 3. The topological polar surface area (TPSA) is 129 Å². The minimum absolute atomic E-state index is 0. The van der Waals surface area contributed by atoms with Crippen molar-refractivity contribution in [3.05, 3.63) is 126 Å². The molecule has 0 fully saturated rings. The Morgan fingerprint density at radius 3 is 2.20 bits per heavy atom. The van der Waals surface area contributed by atoms with E-state index in [1.54, 1.807) is 12.1 Å². The molecule has 0 aliphatic heterocycles. The number of hydrogen-bond acceptors (Lipinski definition) is 8. The van der Waals surface area contributed by atoms with Gasteiger partial charge in [-0.2, -0.15) is 13.2 Å². The number of ether oxygens (including phenoxy) is 1. The summed E-state index contributed by atoms with van der Waals surface area (Å²) in [6.07, 6.45) is -6.07. The van der Waals surface area contributed by atoms with Gasteiger partial charge in [-0.05, 0) is 53.6 Å². The normalized spacial score (nSPS) is 11.5. The number of hydrogen-bond donors (Lipinski definition) is 1. The van der Waals surface area contributed by atoms with Crippen LogP contribution in [-0.4, -0.2) is 89.7 Å². The maximum atomic E-state index is 15.7. The fourth-order valence-corrected chi connectivity index (χ4v) is 6.35. The zero-order chi connectivity index (χ0) is 34.3. The van der Waals surface area contributed by atoms with Crippen molar-refractivity contribution in [2.75, 3.05) is 7.11 Å². The van der Waals surface area contributed by atoms with Crippen LogP contribution in [0.3, 0.4) is 0 Å². The number of carbonyl (C=O) groups is 1. The van der Waals surface area contributed by atoms with E-state index < -0.39 is 65.7 Å². The van der Waals surface area contributed by atoms with Gasteiger partial charge in [0.2, 0.25) is 0 Å². The standard InChI is InChI=1S/C32H21F5N4O6S.K.H/c1-46-18-8-6-16(7-9-18)26(42)15-40-28(43)22-12-19(13-32(35,36)37)48-29(22)41(31(40)45)14-23-24(33)10-17(11-25(23)34)20-4-2-3-5-21(20)27-38-30(44)47-39-27;;/h2-12H,13-15H2,1H3,(H,38,39,44);;. The summed E-state index contributed by atoms with van der Waals surface area (Å²) in [4.78, 5) is 53.5. The Labute approximate surface area is 318 Å². The Hall–Kier alpha value is -4.00. The number of thiophene rings is 1. The van der Waals surface area contributed by atoms with Crippen LogP contribution in [0.4, 0.5) is 22.0 Å². The molecule has 0 unspecified atom stereocenters. The van der Waals surface area contributed by atoms with Crippen LogP contribution in [0.25, 0.3) is 32.7 Å². The van der Waals surface area contributed by atoms with Crippen LogP contribution < -0.4 is 21.7 Å². The molecule has 0 aliphatic rings. The summed E-state index contributed by atoms with van der Waals surface area (Å²) in [7, 11) is 1.42. The molecule has 0 bridgehead atoms. The predicted molar refractivity (Wildman–Crippen MR) is 172 cm³/mol. The quantitative estimate of drug-likeness (QED) is 0.128. The van der Waals surface area contributed by atoms with Crippen LogP contribution in [0.1, 0.15) is 20.8 Å². The van der Waals surface area contributed by atoms with E-state index in [0.717, 1.165) is 22.8 Å². The van der Waals surface area contributed by atoms with Crippen molar-refractivity contribution < 1.29 is 36.0 Å². The number of aromatic nitrogens is 4. The van der Waals surface area contributed by atoms with Crippen molar-refractivity contribution >= 4 is 78.7 Å². The summed E-state index contributed by atoms with van der Waals surface area (Å²) in [5, 5.41) is 3.30. The molecule has 3 heterocycles. The first-order valence-electron chi connectivity index (χ1n) is 14.0. The Morgan fingerprint density at radius 2 is 1.61 bits per heavy atom. The third kappa shape index (κ3) is 7.61. The predicted octanol–water partition coefficient (Wildman–Crippen LogP) is 4.91. The van der Waals surface area contributed by atoms with Gasteiger partial charge in [0.1, 0.15) is 22.2 Å². The molecule has 10 nitrogen and oxygen atoms in total. The summed E-state index contributed by atoms with van der Waals surface area (Å²) in [5.74, 6) is -3.31. The fourth-order valence-electron chi connectivity index (χ4n) is 5.18. The van der Waals surface area contributed by atoms with E-state index in [1.165, 1.54) is 43.5 Å². The van der Waals surface area contributed by atoms with E-state index in [2.05, 4.69) is 14.7 Å². The minimum atomic E-state index is -4.65. The van der Waals surface area contributed by atoms with Gasteiger partial charge in [0.05, 0.1) is 32.0 Å². The molecule has 0 amide bonds.